The van der Waals surface area contributed by atoms with Crippen LogP contribution in [-0.4, -0.2) is 38.2 Å². The Morgan fingerprint density at radius 1 is 1.14 bits per heavy atom. The largest absolute Gasteiger partial charge is 1.00 e. The molecule has 2 aromatic rings. The fraction of sp³-hybridized carbons (Fsp3) is 0.333. The fourth-order valence-electron chi connectivity index (χ4n) is 1.81. The van der Waals surface area contributed by atoms with Gasteiger partial charge in [-0.25, -0.2) is 0 Å². The van der Waals surface area contributed by atoms with Gasteiger partial charge in [0.1, 0.15) is 0 Å². The van der Waals surface area contributed by atoms with Crippen LogP contribution in [0.2, 0.25) is 19.6 Å². The second kappa shape index (κ2) is 7.12. The van der Waals surface area contributed by atoms with E-state index < -0.39 is 8.24 Å². The second-order valence-corrected chi connectivity index (χ2v) is 10.5. The third-order valence-corrected chi connectivity index (χ3v) is 3.54. The van der Waals surface area contributed by atoms with Gasteiger partial charge in [-0.3, -0.25) is 4.98 Å². The molecule has 0 aliphatic carbocycles. The molecular weight excluding hydrogens is 271 g/mol. The molecule has 106 valence electrons. The molecule has 0 bridgehead atoms. The topological polar surface area (TPSA) is 42.6 Å². The molecule has 0 saturated carbocycles. The number of aromatic nitrogens is 1. The predicted molar refractivity (Wildman–Crippen MR) is 89.2 cm³/mol. The van der Waals surface area contributed by atoms with Crippen molar-refractivity contribution in [1.29, 1.82) is 0 Å². The molecule has 0 aliphatic heterocycles. The van der Waals surface area contributed by atoms with Gasteiger partial charge in [-0.15, -0.1) is 0 Å². The molecule has 2 rings (SSSR count). The molecule has 1 aromatic carbocycles. The number of fused-ring (bicyclic) bond motifs is 1. The Labute approximate surface area is 139 Å². The van der Waals surface area contributed by atoms with Gasteiger partial charge in [0, 0.05) is 23.2 Å². The van der Waals surface area contributed by atoms with Crippen molar-refractivity contribution in [3.63, 3.8) is 0 Å². The van der Waals surface area contributed by atoms with Crippen LogP contribution in [0.3, 0.4) is 0 Å². The Balaban J connectivity index is 0.00000220. The van der Waals surface area contributed by atoms with Gasteiger partial charge in [-0.1, -0.05) is 43.9 Å². The summed E-state index contributed by atoms with van der Waals surface area (Å²) in [5, 5.41) is 5.82. The van der Waals surface area contributed by atoms with E-state index in [0.29, 0.717) is 0 Å². The number of hydrogen-bond donors (Lipinski definition) is 0. The average molecular weight is 292 g/mol. The van der Waals surface area contributed by atoms with Crippen molar-refractivity contribution >= 4 is 30.8 Å². The molecule has 0 aliphatic rings. The number of rotatable bonds is 2. The fourth-order valence-corrected chi connectivity index (χ4v) is 2.66. The standard InChI is InChI=1S/C15H21N4Si.Li/c1-19(2)15(18-20(3,4)5)17-13-10-6-8-12-9-7-11-16-14(12)13;/h6-11H,1-5H3;/q-1;+1. The molecule has 1 heterocycles. The summed E-state index contributed by atoms with van der Waals surface area (Å²) in [6.07, 6.45) is 1.80. The van der Waals surface area contributed by atoms with Crippen LogP contribution in [0.5, 0.6) is 0 Å². The van der Waals surface area contributed by atoms with Gasteiger partial charge >= 0.3 is 18.9 Å². The number of hydrogen-bond acceptors (Lipinski definition) is 2. The van der Waals surface area contributed by atoms with E-state index in [1.165, 1.54) is 0 Å². The third-order valence-electron chi connectivity index (χ3n) is 2.67. The first-order valence-electron chi connectivity index (χ1n) is 6.69. The molecule has 21 heavy (non-hydrogen) atoms. The smallest absolute Gasteiger partial charge is 0.432 e. The summed E-state index contributed by atoms with van der Waals surface area (Å²) in [5.41, 5.74) is 1.79. The van der Waals surface area contributed by atoms with Crippen molar-refractivity contribution < 1.29 is 18.9 Å². The minimum Gasteiger partial charge on any atom is -0.432 e. The quantitative estimate of drug-likeness (QED) is 0.471. The van der Waals surface area contributed by atoms with E-state index in [9.17, 15) is 0 Å². The number of nitrogens with zero attached hydrogens (tertiary/aromatic N) is 4. The van der Waals surface area contributed by atoms with Crippen molar-refractivity contribution in [2.45, 2.75) is 19.6 Å². The molecule has 6 heteroatoms. The van der Waals surface area contributed by atoms with E-state index in [1.54, 1.807) is 6.20 Å². The third kappa shape index (κ3) is 4.89. The number of benzene rings is 1. The van der Waals surface area contributed by atoms with Crippen LogP contribution in [0.15, 0.2) is 41.2 Å². The van der Waals surface area contributed by atoms with Crippen LogP contribution in [0, 0.1) is 0 Å². The van der Waals surface area contributed by atoms with Crippen molar-refractivity contribution in [3.8, 4) is 0 Å². The van der Waals surface area contributed by atoms with E-state index in [2.05, 4.69) is 24.6 Å². The van der Waals surface area contributed by atoms with Gasteiger partial charge in [-0.05, 0) is 20.2 Å². The Hall–Kier alpha value is -1.29. The van der Waals surface area contributed by atoms with Gasteiger partial charge in [0.2, 0.25) is 0 Å². The molecule has 0 saturated heterocycles. The van der Waals surface area contributed by atoms with Gasteiger partial charge < -0.3 is 14.9 Å². The zero-order chi connectivity index (χ0) is 14.8. The first-order valence-corrected chi connectivity index (χ1v) is 10.1. The van der Waals surface area contributed by atoms with Crippen molar-refractivity contribution in [2.75, 3.05) is 14.1 Å². The van der Waals surface area contributed by atoms with E-state index in [1.807, 2.05) is 49.3 Å². The number of pyridine rings is 1. The van der Waals surface area contributed by atoms with Gasteiger partial charge in [0.05, 0.1) is 13.8 Å². The van der Waals surface area contributed by atoms with Crippen LogP contribution >= 0.6 is 0 Å². The Bertz CT molecular complexity index is 630. The summed E-state index contributed by atoms with van der Waals surface area (Å²) in [4.78, 5) is 6.39. The molecule has 0 unspecified atom stereocenters. The van der Waals surface area contributed by atoms with Crippen LogP contribution in [-0.2, 0) is 0 Å². The maximum atomic E-state index is 4.80. The van der Waals surface area contributed by atoms with Crippen LogP contribution in [0.1, 0.15) is 0 Å². The van der Waals surface area contributed by atoms with E-state index in [-0.39, 0.29) is 18.9 Å². The van der Waals surface area contributed by atoms with Crippen LogP contribution < -0.4 is 18.9 Å². The first kappa shape index (κ1) is 17.8. The van der Waals surface area contributed by atoms with Crippen molar-refractivity contribution in [1.82, 2.24) is 9.88 Å². The molecular formula is C15H21LiN4Si. The first-order chi connectivity index (χ1) is 9.37. The summed E-state index contributed by atoms with van der Waals surface area (Å²) in [5.74, 6) is 0.766. The van der Waals surface area contributed by atoms with Crippen molar-refractivity contribution in [3.05, 3.63) is 41.8 Å². The number of guanidine groups is 1. The van der Waals surface area contributed by atoms with Crippen LogP contribution in [0.25, 0.3) is 16.2 Å². The molecule has 4 nitrogen and oxygen atoms in total. The minimum absolute atomic E-state index is 0. The summed E-state index contributed by atoms with van der Waals surface area (Å²) in [6, 6.07) is 10.0. The zero-order valence-corrected chi connectivity index (χ0v) is 14.8. The van der Waals surface area contributed by atoms with Crippen LogP contribution in [0.4, 0.5) is 5.69 Å². The Morgan fingerprint density at radius 2 is 1.81 bits per heavy atom. The monoisotopic (exact) mass is 292 g/mol. The summed E-state index contributed by atoms with van der Waals surface area (Å²) >= 11 is 0. The molecule has 0 radical (unpaired) electrons. The van der Waals surface area contributed by atoms with Crippen molar-refractivity contribution in [2.24, 2.45) is 4.66 Å². The summed E-state index contributed by atoms with van der Waals surface area (Å²) < 4.78 is 4.80. The second-order valence-electron chi connectivity index (χ2n) is 5.94. The zero-order valence-electron chi connectivity index (χ0n) is 13.8. The minimum atomic E-state index is -1.57. The summed E-state index contributed by atoms with van der Waals surface area (Å²) in [7, 11) is 2.37. The van der Waals surface area contributed by atoms with E-state index in [4.69, 9.17) is 9.97 Å². The molecule has 0 spiro atoms. The SMILES string of the molecule is CN(C)/C(=N\[Si](C)(C)C)[N-]c1cccc2cccnc12.[Li+]. The maximum Gasteiger partial charge on any atom is 1.00 e. The maximum absolute atomic E-state index is 4.80. The molecule has 0 N–H and O–H groups in total. The van der Waals surface area contributed by atoms with Gasteiger partial charge in [0.15, 0.2) is 0 Å². The van der Waals surface area contributed by atoms with Gasteiger partial charge in [-0.2, -0.15) is 0 Å². The molecule has 0 atom stereocenters. The Kier molecular flexibility index (Phi) is 6.03. The van der Waals surface area contributed by atoms with Gasteiger partial charge in [0.25, 0.3) is 0 Å². The summed E-state index contributed by atoms with van der Waals surface area (Å²) in [6.45, 7) is 6.61. The average Bonchev–Trinajstić information content (AvgIpc) is 2.36. The molecule has 0 amide bonds. The molecule has 0 fully saturated rings. The Morgan fingerprint density at radius 3 is 2.43 bits per heavy atom. The number of para-hydroxylation sites is 1. The van der Waals surface area contributed by atoms with E-state index >= 15 is 0 Å². The predicted octanol–water partition coefficient (Wildman–Crippen LogP) is 0.996. The molecule has 1 aromatic heterocycles. The normalized spacial score (nSPS) is 12.0. The van der Waals surface area contributed by atoms with E-state index in [0.717, 1.165) is 22.5 Å².